The smallest absolute Gasteiger partial charge is 0.340 e. The summed E-state index contributed by atoms with van der Waals surface area (Å²) in [6.45, 7) is 0.604. The first-order valence-electron chi connectivity index (χ1n) is 7.78. The lowest BCUT2D eigenvalue weighted by Gasteiger charge is -2.12. The van der Waals surface area contributed by atoms with Gasteiger partial charge in [0, 0.05) is 12.6 Å². The summed E-state index contributed by atoms with van der Waals surface area (Å²) in [5.74, 6) is -4.33. The Labute approximate surface area is 163 Å². The fraction of sp³-hybridized carbons (Fsp3) is 0.167. The van der Waals surface area contributed by atoms with Crippen molar-refractivity contribution in [3.05, 3.63) is 52.6 Å². The van der Waals surface area contributed by atoms with E-state index in [0.717, 1.165) is 0 Å². The molecule has 2 aromatic rings. The van der Waals surface area contributed by atoms with Gasteiger partial charge in [-0.15, -0.1) is 0 Å². The van der Waals surface area contributed by atoms with Crippen LogP contribution in [0.3, 0.4) is 0 Å². The third-order valence-electron chi connectivity index (χ3n) is 3.36. The van der Waals surface area contributed by atoms with E-state index < -0.39 is 35.7 Å². The van der Waals surface area contributed by atoms with E-state index in [1.54, 1.807) is 6.07 Å². The SMILES string of the molecule is COc1ccc(NC(C)=O)cc1NC(=O)COC(=O)c1cc(F)c(F)cc1Cl. The predicted molar refractivity (Wildman–Crippen MR) is 97.6 cm³/mol. The van der Waals surface area contributed by atoms with Gasteiger partial charge < -0.3 is 20.1 Å². The highest BCUT2D eigenvalue weighted by Gasteiger charge is 2.18. The summed E-state index contributed by atoms with van der Waals surface area (Å²) in [6, 6.07) is 5.75. The lowest BCUT2D eigenvalue weighted by Crippen LogP contribution is -2.21. The largest absolute Gasteiger partial charge is 0.495 e. The number of rotatable bonds is 6. The van der Waals surface area contributed by atoms with E-state index in [1.807, 2.05) is 0 Å². The number of halogens is 3. The minimum absolute atomic E-state index is 0.223. The minimum atomic E-state index is -1.28. The van der Waals surface area contributed by atoms with E-state index in [1.165, 1.54) is 26.2 Å². The molecule has 0 aliphatic rings. The number of amides is 2. The summed E-state index contributed by atoms with van der Waals surface area (Å²) in [4.78, 5) is 35.1. The number of anilines is 2. The zero-order valence-electron chi connectivity index (χ0n) is 14.8. The number of methoxy groups -OCH3 is 1. The van der Waals surface area contributed by atoms with Gasteiger partial charge in [-0.3, -0.25) is 9.59 Å². The van der Waals surface area contributed by atoms with Crippen molar-refractivity contribution in [2.45, 2.75) is 6.92 Å². The van der Waals surface area contributed by atoms with Crippen LogP contribution in [-0.4, -0.2) is 31.5 Å². The van der Waals surface area contributed by atoms with Crippen LogP contribution in [0.1, 0.15) is 17.3 Å². The van der Waals surface area contributed by atoms with Crippen LogP contribution in [0.2, 0.25) is 5.02 Å². The van der Waals surface area contributed by atoms with Gasteiger partial charge in [0.15, 0.2) is 18.2 Å². The fourth-order valence-corrected chi connectivity index (χ4v) is 2.39. The molecule has 0 heterocycles. The molecular weight excluding hydrogens is 398 g/mol. The van der Waals surface area contributed by atoms with Crippen LogP contribution in [-0.2, 0) is 14.3 Å². The van der Waals surface area contributed by atoms with E-state index in [9.17, 15) is 23.2 Å². The third-order valence-corrected chi connectivity index (χ3v) is 3.67. The Balaban J connectivity index is 2.05. The van der Waals surface area contributed by atoms with Crippen molar-refractivity contribution in [3.8, 4) is 5.75 Å². The van der Waals surface area contributed by atoms with Crippen molar-refractivity contribution >= 4 is 40.8 Å². The van der Waals surface area contributed by atoms with Gasteiger partial charge in [-0.2, -0.15) is 0 Å². The molecule has 0 aliphatic heterocycles. The quantitative estimate of drug-likeness (QED) is 0.560. The number of nitrogens with one attached hydrogen (secondary N) is 2. The van der Waals surface area contributed by atoms with Gasteiger partial charge in [-0.05, 0) is 30.3 Å². The summed E-state index contributed by atoms with van der Waals surface area (Å²) in [5, 5.41) is 4.65. The van der Waals surface area contributed by atoms with Gasteiger partial charge in [0.05, 0.1) is 23.4 Å². The molecule has 7 nitrogen and oxygen atoms in total. The van der Waals surface area contributed by atoms with E-state index in [0.29, 0.717) is 23.6 Å². The van der Waals surface area contributed by atoms with Gasteiger partial charge in [0.2, 0.25) is 5.91 Å². The second-order valence-corrected chi connectivity index (χ2v) is 5.87. The van der Waals surface area contributed by atoms with Crippen LogP contribution in [0.5, 0.6) is 5.75 Å². The number of carbonyl (C=O) groups excluding carboxylic acids is 3. The molecule has 28 heavy (non-hydrogen) atoms. The zero-order chi connectivity index (χ0) is 20.8. The lowest BCUT2D eigenvalue weighted by atomic mass is 10.2. The summed E-state index contributed by atoms with van der Waals surface area (Å²) in [5.41, 5.74) is 0.216. The van der Waals surface area contributed by atoms with Crippen LogP contribution in [0.4, 0.5) is 20.2 Å². The molecule has 2 amide bonds. The monoisotopic (exact) mass is 412 g/mol. The van der Waals surface area contributed by atoms with Crippen molar-refractivity contribution < 1.29 is 32.6 Å². The predicted octanol–water partition coefficient (Wildman–Crippen LogP) is 3.38. The Bertz CT molecular complexity index is 936. The molecule has 2 aromatic carbocycles. The topological polar surface area (TPSA) is 93.7 Å². The number of carbonyl (C=O) groups is 3. The van der Waals surface area contributed by atoms with Crippen molar-refractivity contribution in [2.24, 2.45) is 0 Å². The van der Waals surface area contributed by atoms with E-state index in [-0.39, 0.29) is 16.6 Å². The van der Waals surface area contributed by atoms with Crippen molar-refractivity contribution in [2.75, 3.05) is 24.4 Å². The van der Waals surface area contributed by atoms with E-state index in [4.69, 9.17) is 21.1 Å². The Hall–Kier alpha value is -3.20. The molecule has 0 radical (unpaired) electrons. The fourth-order valence-electron chi connectivity index (χ4n) is 2.16. The second-order valence-electron chi connectivity index (χ2n) is 5.47. The van der Waals surface area contributed by atoms with Crippen LogP contribution < -0.4 is 15.4 Å². The Morgan fingerprint density at radius 3 is 2.39 bits per heavy atom. The summed E-state index contributed by atoms with van der Waals surface area (Å²) >= 11 is 5.68. The lowest BCUT2D eigenvalue weighted by molar-refractivity contribution is -0.119. The molecule has 2 N–H and O–H groups in total. The van der Waals surface area contributed by atoms with Crippen molar-refractivity contribution in [3.63, 3.8) is 0 Å². The summed E-state index contributed by atoms with van der Waals surface area (Å²) in [7, 11) is 1.38. The number of hydrogen-bond donors (Lipinski definition) is 2. The highest BCUT2D eigenvalue weighted by atomic mass is 35.5. The molecule has 0 saturated carbocycles. The molecule has 0 saturated heterocycles. The molecular formula is C18H15ClF2N2O5. The normalized spacial score (nSPS) is 10.2. The van der Waals surface area contributed by atoms with Crippen LogP contribution in [0, 0.1) is 11.6 Å². The third kappa shape index (κ3) is 5.40. The molecule has 0 spiro atoms. The molecule has 2 rings (SSSR count). The molecule has 148 valence electrons. The van der Waals surface area contributed by atoms with Gasteiger partial charge in [-0.25, -0.2) is 13.6 Å². The number of hydrogen-bond acceptors (Lipinski definition) is 5. The van der Waals surface area contributed by atoms with Crippen molar-refractivity contribution in [1.29, 1.82) is 0 Å². The van der Waals surface area contributed by atoms with Gasteiger partial charge in [0.25, 0.3) is 5.91 Å². The Morgan fingerprint density at radius 2 is 1.75 bits per heavy atom. The Kier molecular flexibility index (Phi) is 6.89. The molecule has 0 fully saturated rings. The Morgan fingerprint density at radius 1 is 1.07 bits per heavy atom. The van der Waals surface area contributed by atoms with E-state index >= 15 is 0 Å². The minimum Gasteiger partial charge on any atom is -0.495 e. The summed E-state index contributed by atoms with van der Waals surface area (Å²) in [6.07, 6.45) is 0. The maximum atomic E-state index is 13.3. The van der Waals surface area contributed by atoms with Crippen LogP contribution in [0.15, 0.2) is 30.3 Å². The second kappa shape index (κ2) is 9.14. The number of esters is 1. The van der Waals surface area contributed by atoms with Gasteiger partial charge in [-0.1, -0.05) is 11.6 Å². The average Bonchev–Trinajstić information content (AvgIpc) is 2.62. The van der Waals surface area contributed by atoms with E-state index in [2.05, 4.69) is 10.6 Å². The molecule has 10 heteroatoms. The maximum Gasteiger partial charge on any atom is 0.340 e. The standard InChI is InChI=1S/C18H15ClF2N2O5/c1-9(24)22-10-3-4-16(27-2)15(5-10)23-17(25)8-28-18(26)11-6-13(20)14(21)7-12(11)19/h3-7H,8H2,1-2H3,(H,22,24)(H,23,25). The van der Waals surface area contributed by atoms with Gasteiger partial charge in [0.1, 0.15) is 5.75 Å². The van der Waals surface area contributed by atoms with Gasteiger partial charge >= 0.3 is 5.97 Å². The zero-order valence-corrected chi connectivity index (χ0v) is 15.5. The first-order valence-corrected chi connectivity index (χ1v) is 8.16. The average molecular weight is 413 g/mol. The highest BCUT2D eigenvalue weighted by Crippen LogP contribution is 2.28. The number of benzene rings is 2. The molecule has 0 aromatic heterocycles. The maximum absolute atomic E-state index is 13.3. The first-order chi connectivity index (χ1) is 13.2. The molecule has 0 bridgehead atoms. The highest BCUT2D eigenvalue weighted by molar-refractivity contribution is 6.33. The van der Waals surface area contributed by atoms with Crippen LogP contribution >= 0.6 is 11.6 Å². The molecule has 0 unspecified atom stereocenters. The van der Waals surface area contributed by atoms with Crippen LogP contribution in [0.25, 0.3) is 0 Å². The number of ether oxygens (including phenoxy) is 2. The molecule has 0 atom stereocenters. The summed E-state index contributed by atoms with van der Waals surface area (Å²) < 4.78 is 36.2. The first kappa shape index (κ1) is 21.1. The molecule has 0 aliphatic carbocycles. The van der Waals surface area contributed by atoms with Crippen molar-refractivity contribution in [1.82, 2.24) is 0 Å².